The molecule has 0 bridgehead atoms. The van der Waals surface area contributed by atoms with Crippen LogP contribution in [0.1, 0.15) is 21.5 Å². The number of methoxy groups -OCH3 is 1. The highest BCUT2D eigenvalue weighted by Crippen LogP contribution is 2.28. The molecule has 0 fully saturated rings. The highest BCUT2D eigenvalue weighted by molar-refractivity contribution is 6.02. The van der Waals surface area contributed by atoms with Crippen molar-refractivity contribution in [3.05, 3.63) is 83.7 Å². The molecule has 32 heavy (non-hydrogen) atoms. The van der Waals surface area contributed by atoms with Gasteiger partial charge in [0, 0.05) is 17.3 Å². The smallest absolute Gasteiger partial charge is 0.340 e. The van der Waals surface area contributed by atoms with Crippen molar-refractivity contribution >= 4 is 33.9 Å². The van der Waals surface area contributed by atoms with Crippen molar-refractivity contribution in [2.45, 2.75) is 13.5 Å². The van der Waals surface area contributed by atoms with Gasteiger partial charge >= 0.3 is 5.97 Å². The minimum atomic E-state index is -0.447. The van der Waals surface area contributed by atoms with Gasteiger partial charge in [-0.1, -0.05) is 12.1 Å². The lowest BCUT2D eigenvalue weighted by molar-refractivity contribution is 0.0602. The van der Waals surface area contributed by atoms with Crippen LogP contribution in [0.3, 0.4) is 0 Å². The zero-order valence-corrected chi connectivity index (χ0v) is 17.4. The number of nitrogens with one attached hydrogen (secondary N) is 1. The molecule has 1 N–H and O–H groups in total. The van der Waals surface area contributed by atoms with E-state index in [1.165, 1.54) is 25.6 Å². The summed E-state index contributed by atoms with van der Waals surface area (Å²) in [6, 6.07) is 12.3. The molecule has 5 aromatic rings. The number of hydrogen-bond acceptors (Lipinski definition) is 6. The first-order valence-electron chi connectivity index (χ1n) is 9.92. The van der Waals surface area contributed by atoms with Crippen molar-refractivity contribution in [3.8, 4) is 0 Å². The summed E-state index contributed by atoms with van der Waals surface area (Å²) >= 11 is 0. The number of anilines is 2. The third kappa shape index (κ3) is 3.43. The van der Waals surface area contributed by atoms with Crippen molar-refractivity contribution in [3.63, 3.8) is 0 Å². The predicted octanol–water partition coefficient (Wildman–Crippen LogP) is 4.11. The van der Waals surface area contributed by atoms with Crippen LogP contribution in [0.4, 0.5) is 15.9 Å². The van der Waals surface area contributed by atoms with E-state index < -0.39 is 5.97 Å². The minimum Gasteiger partial charge on any atom is -0.465 e. The van der Waals surface area contributed by atoms with E-state index in [1.54, 1.807) is 23.0 Å². The normalized spacial score (nSPS) is 11.2. The van der Waals surface area contributed by atoms with Crippen molar-refractivity contribution in [1.82, 2.24) is 24.4 Å². The summed E-state index contributed by atoms with van der Waals surface area (Å²) in [5.41, 5.74) is 4.23. The summed E-state index contributed by atoms with van der Waals surface area (Å²) in [4.78, 5) is 16.6. The first-order valence-corrected chi connectivity index (χ1v) is 9.92. The van der Waals surface area contributed by atoms with Crippen LogP contribution in [-0.2, 0) is 11.3 Å². The highest BCUT2D eigenvalue weighted by Gasteiger charge is 2.20. The molecule has 0 radical (unpaired) electrons. The van der Waals surface area contributed by atoms with Crippen molar-refractivity contribution < 1.29 is 13.9 Å². The van der Waals surface area contributed by atoms with Gasteiger partial charge in [-0.25, -0.2) is 18.7 Å². The molecular weight excluding hydrogens is 411 g/mol. The van der Waals surface area contributed by atoms with Crippen molar-refractivity contribution in [2.24, 2.45) is 0 Å². The van der Waals surface area contributed by atoms with Crippen LogP contribution >= 0.6 is 0 Å². The lowest BCUT2D eigenvalue weighted by Gasteiger charge is -2.09. The van der Waals surface area contributed by atoms with Gasteiger partial charge in [-0.15, -0.1) is 0 Å². The maximum absolute atomic E-state index is 13.5. The summed E-state index contributed by atoms with van der Waals surface area (Å²) < 4.78 is 21.9. The molecule has 0 spiro atoms. The number of esters is 1. The van der Waals surface area contributed by atoms with E-state index in [1.807, 2.05) is 35.9 Å². The second-order valence-corrected chi connectivity index (χ2v) is 7.41. The van der Waals surface area contributed by atoms with Gasteiger partial charge < -0.3 is 10.1 Å². The van der Waals surface area contributed by atoms with E-state index in [9.17, 15) is 9.18 Å². The second kappa shape index (κ2) is 7.77. The fourth-order valence-electron chi connectivity index (χ4n) is 3.82. The van der Waals surface area contributed by atoms with Crippen LogP contribution in [0.5, 0.6) is 0 Å². The van der Waals surface area contributed by atoms with Crippen LogP contribution in [0.25, 0.3) is 16.4 Å². The zero-order chi connectivity index (χ0) is 22.2. The van der Waals surface area contributed by atoms with Gasteiger partial charge in [0.15, 0.2) is 5.82 Å². The maximum atomic E-state index is 13.5. The molecule has 8 nitrogen and oxygen atoms in total. The molecule has 3 aromatic heterocycles. The molecule has 0 aliphatic carbocycles. The number of hydrogen-bond donors (Lipinski definition) is 1. The van der Waals surface area contributed by atoms with Crippen molar-refractivity contribution in [2.75, 3.05) is 12.4 Å². The molecule has 3 heterocycles. The van der Waals surface area contributed by atoms with Crippen LogP contribution in [-0.4, -0.2) is 37.5 Å². The summed E-state index contributed by atoms with van der Waals surface area (Å²) in [5, 5.41) is 12.8. The monoisotopic (exact) mass is 430 g/mol. The van der Waals surface area contributed by atoms with Gasteiger partial charge in [-0.2, -0.15) is 10.2 Å². The molecule has 0 atom stereocenters. The Morgan fingerprint density at radius 1 is 1.19 bits per heavy atom. The van der Waals surface area contributed by atoms with Crippen LogP contribution in [0.2, 0.25) is 0 Å². The van der Waals surface area contributed by atoms with Gasteiger partial charge in [0.1, 0.15) is 17.7 Å². The first-order chi connectivity index (χ1) is 15.5. The first kappa shape index (κ1) is 19.7. The summed E-state index contributed by atoms with van der Waals surface area (Å²) in [6.45, 7) is 2.29. The Kier molecular flexibility index (Phi) is 4.78. The molecule has 5 rings (SSSR count). The van der Waals surface area contributed by atoms with E-state index in [2.05, 4.69) is 20.5 Å². The molecule has 0 unspecified atom stereocenters. The van der Waals surface area contributed by atoms with Crippen LogP contribution in [0, 0.1) is 12.7 Å². The van der Waals surface area contributed by atoms with Crippen LogP contribution in [0.15, 0.2) is 61.2 Å². The average molecular weight is 430 g/mol. The van der Waals surface area contributed by atoms with Gasteiger partial charge in [0.25, 0.3) is 0 Å². The van der Waals surface area contributed by atoms with Gasteiger partial charge in [-0.3, -0.25) is 4.68 Å². The number of carbonyl (C=O) groups is 1. The van der Waals surface area contributed by atoms with E-state index in [-0.39, 0.29) is 5.82 Å². The predicted molar refractivity (Wildman–Crippen MR) is 118 cm³/mol. The Morgan fingerprint density at radius 3 is 2.88 bits per heavy atom. The lowest BCUT2D eigenvalue weighted by atomic mass is 10.2. The maximum Gasteiger partial charge on any atom is 0.340 e. The standard InChI is InChI=1S/C23H19FN6O2/c1-14-11-30-21(20(14)23(31)32-2)22(25-13-27-30)28-18-6-7-19-16(9-18)10-26-29(19)12-15-4-3-5-17(24)8-15/h3-11,13H,12H2,1-2H3,(H,25,27,28). The van der Waals surface area contributed by atoms with E-state index in [4.69, 9.17) is 4.74 Å². The Morgan fingerprint density at radius 2 is 2.06 bits per heavy atom. The Bertz CT molecular complexity index is 1470. The third-order valence-corrected chi connectivity index (χ3v) is 5.28. The fourth-order valence-corrected chi connectivity index (χ4v) is 3.82. The second-order valence-electron chi connectivity index (χ2n) is 7.41. The lowest BCUT2D eigenvalue weighted by Crippen LogP contribution is -2.06. The molecule has 2 aromatic carbocycles. The van der Waals surface area contributed by atoms with Gasteiger partial charge in [-0.05, 0) is 48.4 Å². The number of nitrogens with zero attached hydrogens (tertiary/aromatic N) is 5. The molecule has 0 saturated carbocycles. The number of rotatable bonds is 5. The number of benzene rings is 2. The quantitative estimate of drug-likeness (QED) is 0.423. The zero-order valence-electron chi connectivity index (χ0n) is 17.4. The molecule has 0 saturated heterocycles. The number of aromatic nitrogens is 5. The number of aryl methyl sites for hydroxylation is 1. The molecule has 160 valence electrons. The van der Waals surface area contributed by atoms with E-state index in [0.717, 1.165) is 27.7 Å². The number of ether oxygens (including phenoxy) is 1. The Hall–Kier alpha value is -4.27. The van der Waals surface area contributed by atoms with Gasteiger partial charge in [0.2, 0.25) is 0 Å². The van der Waals surface area contributed by atoms with Gasteiger partial charge in [0.05, 0.1) is 30.9 Å². The molecular formula is C23H19FN6O2. The highest BCUT2D eigenvalue weighted by atomic mass is 19.1. The Labute approximate surface area is 182 Å². The Balaban J connectivity index is 1.49. The summed E-state index contributed by atoms with van der Waals surface area (Å²) in [6.07, 6.45) is 4.94. The van der Waals surface area contributed by atoms with E-state index in [0.29, 0.717) is 23.4 Å². The summed E-state index contributed by atoms with van der Waals surface area (Å²) in [5.74, 6) is -0.231. The number of fused-ring (bicyclic) bond motifs is 2. The average Bonchev–Trinajstić information content (AvgIpc) is 3.33. The number of carbonyl (C=O) groups excluding carboxylic acids is 1. The molecule has 0 aliphatic rings. The van der Waals surface area contributed by atoms with E-state index >= 15 is 0 Å². The topological polar surface area (TPSA) is 86.3 Å². The largest absolute Gasteiger partial charge is 0.465 e. The SMILES string of the molecule is COC(=O)c1c(C)cn2ncnc(Nc3ccc4c(cnn4Cc4cccc(F)c4)c3)c12. The fraction of sp³-hybridized carbons (Fsp3) is 0.130. The minimum absolute atomic E-state index is 0.270. The summed E-state index contributed by atoms with van der Waals surface area (Å²) in [7, 11) is 1.34. The third-order valence-electron chi connectivity index (χ3n) is 5.28. The van der Waals surface area contributed by atoms with Crippen LogP contribution < -0.4 is 5.32 Å². The molecule has 0 amide bonds. The number of halogens is 1. The molecule has 0 aliphatic heterocycles. The van der Waals surface area contributed by atoms with Crippen molar-refractivity contribution in [1.29, 1.82) is 0 Å². The molecule has 9 heteroatoms.